The third-order valence-corrected chi connectivity index (χ3v) is 6.23. The Kier molecular flexibility index (Phi) is 6.43. The number of carbonyl (C=O) groups excluding carboxylic acids is 2. The average Bonchev–Trinajstić information content (AvgIpc) is 3.15. The van der Waals surface area contributed by atoms with Crippen LogP contribution in [0.5, 0.6) is 0 Å². The standard InChI is InChI=1S/C24H24F4N2O3/c25-19-6-4-5-16(13-19)14-29-21(31)20-15-33-23(11-2-1-3-12-23)30(20)22(32)17-7-9-18(10-8-17)24(26,27)28/h4-10,13,20H,1-3,11-12,14-15H2,(H,29,31). The van der Waals surface area contributed by atoms with E-state index in [1.165, 1.54) is 23.1 Å². The first-order chi connectivity index (χ1) is 15.7. The number of ether oxygens (including phenoxy) is 1. The summed E-state index contributed by atoms with van der Waals surface area (Å²) in [4.78, 5) is 27.9. The summed E-state index contributed by atoms with van der Waals surface area (Å²) in [5.41, 5.74) is -1.19. The summed E-state index contributed by atoms with van der Waals surface area (Å²) in [6, 6.07) is 8.84. The van der Waals surface area contributed by atoms with E-state index in [4.69, 9.17) is 4.74 Å². The lowest BCUT2D eigenvalue weighted by Crippen LogP contribution is -2.56. The Morgan fingerprint density at radius 3 is 2.39 bits per heavy atom. The van der Waals surface area contributed by atoms with Gasteiger partial charge in [0.1, 0.15) is 17.6 Å². The van der Waals surface area contributed by atoms with Crippen molar-refractivity contribution >= 4 is 11.8 Å². The number of carbonyl (C=O) groups is 2. The molecule has 0 radical (unpaired) electrons. The quantitative estimate of drug-likeness (QED) is 0.670. The van der Waals surface area contributed by atoms with E-state index in [0.29, 0.717) is 18.4 Å². The summed E-state index contributed by atoms with van der Waals surface area (Å²) in [7, 11) is 0. The molecule has 2 aromatic carbocycles. The number of hydrogen-bond donors (Lipinski definition) is 1. The average molecular weight is 464 g/mol. The third-order valence-electron chi connectivity index (χ3n) is 6.23. The zero-order valence-corrected chi connectivity index (χ0v) is 17.8. The summed E-state index contributed by atoms with van der Waals surface area (Å²) < 4.78 is 58.3. The maximum atomic E-state index is 13.5. The predicted molar refractivity (Wildman–Crippen MR) is 111 cm³/mol. The van der Waals surface area contributed by atoms with Crippen molar-refractivity contribution in [2.24, 2.45) is 0 Å². The molecule has 2 aromatic rings. The highest BCUT2D eigenvalue weighted by Crippen LogP contribution is 2.41. The molecule has 2 fully saturated rings. The number of nitrogens with zero attached hydrogens (tertiary/aromatic N) is 1. The fraction of sp³-hybridized carbons (Fsp3) is 0.417. The van der Waals surface area contributed by atoms with Crippen LogP contribution in [0.25, 0.3) is 0 Å². The van der Waals surface area contributed by atoms with Gasteiger partial charge in [-0.25, -0.2) is 4.39 Å². The lowest BCUT2D eigenvalue weighted by molar-refractivity contribution is -0.137. The second-order valence-electron chi connectivity index (χ2n) is 8.43. The fourth-order valence-electron chi connectivity index (χ4n) is 4.57. The summed E-state index contributed by atoms with van der Waals surface area (Å²) in [6.45, 7) is 0.0593. The minimum absolute atomic E-state index is 0.0125. The molecule has 4 rings (SSSR count). The van der Waals surface area contributed by atoms with Crippen LogP contribution in [-0.2, 0) is 22.3 Å². The minimum atomic E-state index is -4.51. The highest BCUT2D eigenvalue weighted by Gasteiger charge is 2.53. The number of alkyl halides is 3. The van der Waals surface area contributed by atoms with Gasteiger partial charge in [0.05, 0.1) is 12.2 Å². The summed E-state index contributed by atoms with van der Waals surface area (Å²) >= 11 is 0. The maximum absolute atomic E-state index is 13.5. The smallest absolute Gasteiger partial charge is 0.353 e. The van der Waals surface area contributed by atoms with Gasteiger partial charge in [0, 0.05) is 12.1 Å². The topological polar surface area (TPSA) is 58.6 Å². The first kappa shape index (κ1) is 23.2. The molecule has 176 valence electrons. The second kappa shape index (κ2) is 9.13. The Bertz CT molecular complexity index is 1020. The van der Waals surface area contributed by atoms with Crippen molar-refractivity contribution in [2.75, 3.05) is 6.61 Å². The number of benzene rings is 2. The lowest BCUT2D eigenvalue weighted by Gasteiger charge is -2.41. The van der Waals surface area contributed by atoms with Crippen LogP contribution in [0.3, 0.4) is 0 Å². The molecule has 1 heterocycles. The minimum Gasteiger partial charge on any atom is -0.353 e. The molecule has 1 spiro atoms. The highest BCUT2D eigenvalue weighted by atomic mass is 19.4. The molecule has 1 N–H and O–H groups in total. The molecule has 0 bridgehead atoms. The Morgan fingerprint density at radius 2 is 1.76 bits per heavy atom. The largest absolute Gasteiger partial charge is 0.416 e. The molecule has 1 atom stereocenters. The number of hydrogen-bond acceptors (Lipinski definition) is 3. The summed E-state index contributed by atoms with van der Waals surface area (Å²) in [5, 5.41) is 2.73. The van der Waals surface area contributed by atoms with E-state index in [9.17, 15) is 27.2 Å². The van der Waals surface area contributed by atoms with Gasteiger partial charge in [0.15, 0.2) is 0 Å². The van der Waals surface area contributed by atoms with Crippen LogP contribution in [0.15, 0.2) is 48.5 Å². The van der Waals surface area contributed by atoms with Crippen LogP contribution < -0.4 is 5.32 Å². The fourth-order valence-corrected chi connectivity index (χ4v) is 4.57. The Morgan fingerprint density at radius 1 is 1.06 bits per heavy atom. The molecule has 1 unspecified atom stereocenters. The Labute approximate surface area is 188 Å². The molecule has 2 aliphatic rings. The molecular formula is C24H24F4N2O3. The normalized spacial score (nSPS) is 20.1. The Hall–Kier alpha value is -2.94. The first-order valence-corrected chi connectivity index (χ1v) is 10.9. The van der Waals surface area contributed by atoms with E-state index in [2.05, 4.69) is 5.32 Å². The van der Waals surface area contributed by atoms with Crippen molar-refractivity contribution in [3.63, 3.8) is 0 Å². The van der Waals surface area contributed by atoms with Gasteiger partial charge in [-0.15, -0.1) is 0 Å². The van der Waals surface area contributed by atoms with Gasteiger partial charge in [-0.05, 0) is 67.6 Å². The van der Waals surface area contributed by atoms with Crippen molar-refractivity contribution in [1.82, 2.24) is 10.2 Å². The van der Waals surface area contributed by atoms with Crippen LogP contribution in [0.1, 0.15) is 53.6 Å². The molecule has 33 heavy (non-hydrogen) atoms. The lowest BCUT2D eigenvalue weighted by atomic mass is 9.89. The van der Waals surface area contributed by atoms with Gasteiger partial charge in [0.2, 0.25) is 5.91 Å². The van der Waals surface area contributed by atoms with Gasteiger partial charge in [0.25, 0.3) is 5.91 Å². The molecule has 1 saturated carbocycles. The van der Waals surface area contributed by atoms with Crippen LogP contribution in [0.4, 0.5) is 17.6 Å². The molecule has 1 aliphatic heterocycles. The van der Waals surface area contributed by atoms with Gasteiger partial charge in [-0.2, -0.15) is 13.2 Å². The zero-order chi connectivity index (χ0) is 23.6. The van der Waals surface area contributed by atoms with Crippen LogP contribution in [0.2, 0.25) is 0 Å². The van der Waals surface area contributed by atoms with Gasteiger partial charge >= 0.3 is 6.18 Å². The van der Waals surface area contributed by atoms with E-state index >= 15 is 0 Å². The van der Waals surface area contributed by atoms with Crippen LogP contribution in [-0.4, -0.2) is 35.1 Å². The molecule has 1 aliphatic carbocycles. The summed E-state index contributed by atoms with van der Waals surface area (Å²) in [6.07, 6.45) is -0.810. The van der Waals surface area contributed by atoms with E-state index < -0.39 is 41.1 Å². The van der Waals surface area contributed by atoms with Gasteiger partial charge in [-0.3, -0.25) is 14.5 Å². The molecule has 1 saturated heterocycles. The highest BCUT2D eigenvalue weighted by molar-refractivity contribution is 5.98. The first-order valence-electron chi connectivity index (χ1n) is 10.9. The van der Waals surface area contributed by atoms with E-state index in [1.54, 1.807) is 6.07 Å². The molecular weight excluding hydrogens is 440 g/mol. The van der Waals surface area contributed by atoms with Gasteiger partial charge in [-0.1, -0.05) is 18.6 Å². The van der Waals surface area contributed by atoms with Crippen molar-refractivity contribution in [3.8, 4) is 0 Å². The van der Waals surface area contributed by atoms with Crippen LogP contribution >= 0.6 is 0 Å². The SMILES string of the molecule is O=C(NCc1cccc(F)c1)C1COC2(CCCCC2)N1C(=O)c1ccc(C(F)(F)F)cc1. The summed E-state index contributed by atoms with van der Waals surface area (Å²) in [5.74, 6) is -1.43. The van der Waals surface area contributed by atoms with Crippen molar-refractivity contribution in [1.29, 1.82) is 0 Å². The second-order valence-corrected chi connectivity index (χ2v) is 8.43. The van der Waals surface area contributed by atoms with Crippen molar-refractivity contribution < 1.29 is 31.9 Å². The molecule has 9 heteroatoms. The Balaban J connectivity index is 1.57. The van der Waals surface area contributed by atoms with E-state index in [1.807, 2.05) is 0 Å². The predicted octanol–water partition coefficient (Wildman–Crippen LogP) is 4.66. The maximum Gasteiger partial charge on any atom is 0.416 e. The van der Waals surface area contributed by atoms with E-state index in [0.717, 1.165) is 43.5 Å². The van der Waals surface area contributed by atoms with Crippen molar-refractivity contribution in [3.05, 3.63) is 71.0 Å². The van der Waals surface area contributed by atoms with E-state index in [-0.39, 0.29) is 18.7 Å². The number of rotatable bonds is 4. The number of halogens is 4. The zero-order valence-electron chi connectivity index (χ0n) is 17.8. The molecule has 5 nitrogen and oxygen atoms in total. The number of amides is 2. The van der Waals surface area contributed by atoms with Crippen molar-refractivity contribution in [2.45, 2.75) is 56.6 Å². The molecule has 2 amide bonds. The molecule has 0 aromatic heterocycles. The van der Waals surface area contributed by atoms with Crippen LogP contribution in [0, 0.1) is 5.82 Å². The monoisotopic (exact) mass is 464 g/mol. The van der Waals surface area contributed by atoms with Gasteiger partial charge < -0.3 is 10.1 Å². The third kappa shape index (κ3) is 4.88. The number of nitrogens with one attached hydrogen (secondary N) is 1.